The van der Waals surface area contributed by atoms with Gasteiger partial charge in [-0.15, -0.1) is 0 Å². The number of hydrogen-bond donors (Lipinski definition) is 1. The van der Waals surface area contributed by atoms with Crippen LogP contribution in [0.5, 0.6) is 0 Å². The number of piperazine rings is 1. The number of aryl methyl sites for hydroxylation is 1. The lowest BCUT2D eigenvalue weighted by molar-refractivity contribution is -0.131. The number of halogens is 1. The van der Waals surface area contributed by atoms with Crippen molar-refractivity contribution in [2.24, 2.45) is 0 Å². The standard InChI is InChI=1S/C20H24FN3O3S/c1-16-2-8-19(9-3-16)28(26,27)22-11-10-20(25)24-14-12-23(13-15-24)18-6-4-17(21)5-7-18/h2-9,22H,10-15H2,1H3. The van der Waals surface area contributed by atoms with Gasteiger partial charge in [-0.1, -0.05) is 17.7 Å². The van der Waals surface area contributed by atoms with Gasteiger partial charge in [0.15, 0.2) is 0 Å². The van der Waals surface area contributed by atoms with Crippen LogP contribution >= 0.6 is 0 Å². The van der Waals surface area contributed by atoms with Gasteiger partial charge in [-0.3, -0.25) is 4.79 Å². The van der Waals surface area contributed by atoms with Crippen LogP contribution in [-0.2, 0) is 14.8 Å². The maximum absolute atomic E-state index is 13.0. The first-order chi connectivity index (χ1) is 13.3. The molecule has 28 heavy (non-hydrogen) atoms. The van der Waals surface area contributed by atoms with E-state index in [1.165, 1.54) is 12.1 Å². The number of sulfonamides is 1. The van der Waals surface area contributed by atoms with Gasteiger partial charge < -0.3 is 9.80 Å². The molecule has 2 aromatic carbocycles. The molecular weight excluding hydrogens is 381 g/mol. The van der Waals surface area contributed by atoms with E-state index in [1.54, 1.807) is 41.3 Å². The Bertz CT molecular complexity index is 907. The summed E-state index contributed by atoms with van der Waals surface area (Å²) in [7, 11) is -3.61. The summed E-state index contributed by atoms with van der Waals surface area (Å²) in [6, 6.07) is 12.9. The van der Waals surface area contributed by atoms with Crippen LogP contribution in [0.1, 0.15) is 12.0 Å². The van der Waals surface area contributed by atoms with E-state index in [4.69, 9.17) is 0 Å². The largest absolute Gasteiger partial charge is 0.368 e. The SMILES string of the molecule is Cc1ccc(S(=O)(=O)NCCC(=O)N2CCN(c3ccc(F)cc3)CC2)cc1. The van der Waals surface area contributed by atoms with Crippen LogP contribution in [0.3, 0.4) is 0 Å². The van der Waals surface area contributed by atoms with Crippen molar-refractivity contribution in [3.63, 3.8) is 0 Å². The molecule has 6 nitrogen and oxygen atoms in total. The van der Waals surface area contributed by atoms with Crippen LogP contribution in [0.15, 0.2) is 53.4 Å². The number of anilines is 1. The third-order valence-corrected chi connectivity index (χ3v) is 6.26. The van der Waals surface area contributed by atoms with Gasteiger partial charge in [-0.05, 0) is 43.3 Å². The highest BCUT2D eigenvalue weighted by atomic mass is 32.2. The fourth-order valence-corrected chi connectivity index (χ4v) is 4.15. The van der Waals surface area contributed by atoms with Crippen molar-refractivity contribution >= 4 is 21.6 Å². The molecule has 0 aromatic heterocycles. The normalized spacial score (nSPS) is 14.9. The molecule has 0 radical (unpaired) electrons. The number of amides is 1. The summed E-state index contributed by atoms with van der Waals surface area (Å²) < 4.78 is 40.0. The Labute approximate surface area is 165 Å². The summed E-state index contributed by atoms with van der Waals surface area (Å²) in [5, 5.41) is 0. The van der Waals surface area contributed by atoms with Crippen molar-refractivity contribution in [3.8, 4) is 0 Å². The molecule has 0 bridgehead atoms. The lowest BCUT2D eigenvalue weighted by Crippen LogP contribution is -2.49. The van der Waals surface area contributed by atoms with Crippen LogP contribution < -0.4 is 9.62 Å². The Morgan fingerprint density at radius 3 is 2.21 bits per heavy atom. The molecule has 0 atom stereocenters. The molecule has 1 aliphatic rings. The zero-order valence-electron chi connectivity index (χ0n) is 15.8. The minimum atomic E-state index is -3.61. The average Bonchev–Trinajstić information content (AvgIpc) is 2.69. The van der Waals surface area contributed by atoms with Crippen molar-refractivity contribution in [1.29, 1.82) is 0 Å². The molecule has 0 saturated carbocycles. The quantitative estimate of drug-likeness (QED) is 0.800. The molecule has 0 aliphatic carbocycles. The molecule has 1 fully saturated rings. The Balaban J connectivity index is 1.45. The Morgan fingerprint density at radius 1 is 1.00 bits per heavy atom. The van der Waals surface area contributed by atoms with Crippen LogP contribution in [0.2, 0.25) is 0 Å². The van der Waals surface area contributed by atoms with E-state index in [1.807, 2.05) is 6.92 Å². The molecule has 150 valence electrons. The molecule has 1 amide bonds. The fourth-order valence-electron chi connectivity index (χ4n) is 3.12. The first-order valence-corrected chi connectivity index (χ1v) is 10.7. The van der Waals surface area contributed by atoms with Gasteiger partial charge in [0, 0.05) is 44.8 Å². The molecule has 8 heteroatoms. The highest BCUT2D eigenvalue weighted by molar-refractivity contribution is 7.89. The van der Waals surface area contributed by atoms with Crippen molar-refractivity contribution in [3.05, 3.63) is 59.9 Å². The Kier molecular flexibility index (Phi) is 6.31. The molecule has 0 spiro atoms. The minimum Gasteiger partial charge on any atom is -0.368 e. The second kappa shape index (κ2) is 8.70. The predicted molar refractivity (Wildman–Crippen MR) is 106 cm³/mol. The zero-order chi connectivity index (χ0) is 20.1. The molecule has 2 aromatic rings. The minimum absolute atomic E-state index is 0.0627. The maximum Gasteiger partial charge on any atom is 0.240 e. The van der Waals surface area contributed by atoms with E-state index in [0.717, 1.165) is 11.3 Å². The molecule has 3 rings (SSSR count). The Hall–Kier alpha value is -2.45. The maximum atomic E-state index is 13.0. The Morgan fingerprint density at radius 2 is 1.61 bits per heavy atom. The van der Waals surface area contributed by atoms with Gasteiger partial charge in [0.05, 0.1) is 4.90 Å². The highest BCUT2D eigenvalue weighted by Crippen LogP contribution is 2.17. The number of nitrogens with one attached hydrogen (secondary N) is 1. The smallest absolute Gasteiger partial charge is 0.240 e. The highest BCUT2D eigenvalue weighted by Gasteiger charge is 2.22. The summed E-state index contributed by atoms with van der Waals surface area (Å²) >= 11 is 0. The molecule has 1 saturated heterocycles. The summed E-state index contributed by atoms with van der Waals surface area (Å²) in [6.45, 7) is 4.38. The predicted octanol–water partition coefficient (Wildman–Crippen LogP) is 2.15. The number of carbonyl (C=O) groups is 1. The van der Waals surface area contributed by atoms with Crippen LogP contribution in [-0.4, -0.2) is 51.9 Å². The van der Waals surface area contributed by atoms with Crippen molar-refractivity contribution in [1.82, 2.24) is 9.62 Å². The van der Waals surface area contributed by atoms with E-state index in [0.29, 0.717) is 26.2 Å². The van der Waals surface area contributed by atoms with E-state index >= 15 is 0 Å². The lowest BCUT2D eigenvalue weighted by Gasteiger charge is -2.36. The molecule has 0 unspecified atom stereocenters. The van der Waals surface area contributed by atoms with Crippen LogP contribution in [0, 0.1) is 12.7 Å². The number of nitrogens with zero attached hydrogens (tertiary/aromatic N) is 2. The topological polar surface area (TPSA) is 69.7 Å². The van der Waals surface area contributed by atoms with Crippen molar-refractivity contribution in [2.75, 3.05) is 37.6 Å². The lowest BCUT2D eigenvalue weighted by atomic mass is 10.2. The first-order valence-electron chi connectivity index (χ1n) is 9.20. The summed E-state index contributed by atoms with van der Waals surface area (Å²) in [4.78, 5) is 16.4. The number of hydrogen-bond acceptors (Lipinski definition) is 4. The molecule has 1 N–H and O–H groups in total. The summed E-state index contributed by atoms with van der Waals surface area (Å²) in [5.41, 5.74) is 1.91. The number of carbonyl (C=O) groups excluding carboxylic acids is 1. The second-order valence-electron chi connectivity index (χ2n) is 6.81. The summed E-state index contributed by atoms with van der Waals surface area (Å²) in [6.07, 6.45) is 0.113. The van der Waals surface area contributed by atoms with Gasteiger partial charge in [-0.25, -0.2) is 17.5 Å². The van der Waals surface area contributed by atoms with E-state index in [9.17, 15) is 17.6 Å². The molecule has 1 aliphatic heterocycles. The van der Waals surface area contributed by atoms with Crippen molar-refractivity contribution in [2.45, 2.75) is 18.2 Å². The zero-order valence-corrected chi connectivity index (χ0v) is 16.6. The van der Waals surface area contributed by atoms with Gasteiger partial charge in [0.1, 0.15) is 5.82 Å². The fraction of sp³-hybridized carbons (Fsp3) is 0.350. The first kappa shape index (κ1) is 20.3. The van der Waals surface area contributed by atoms with Gasteiger partial charge >= 0.3 is 0 Å². The van der Waals surface area contributed by atoms with Crippen molar-refractivity contribution < 1.29 is 17.6 Å². The molecule has 1 heterocycles. The third kappa shape index (κ3) is 5.08. The average molecular weight is 405 g/mol. The second-order valence-corrected chi connectivity index (χ2v) is 8.57. The van der Waals surface area contributed by atoms with Gasteiger partial charge in [0.25, 0.3) is 0 Å². The number of rotatable bonds is 6. The van der Waals surface area contributed by atoms with E-state index in [2.05, 4.69) is 9.62 Å². The van der Waals surface area contributed by atoms with Gasteiger partial charge in [0.2, 0.25) is 15.9 Å². The summed E-state index contributed by atoms with van der Waals surface area (Å²) in [5.74, 6) is -0.351. The van der Waals surface area contributed by atoms with Gasteiger partial charge in [-0.2, -0.15) is 0 Å². The number of benzene rings is 2. The molecular formula is C20H24FN3O3S. The van der Waals surface area contributed by atoms with Crippen LogP contribution in [0.25, 0.3) is 0 Å². The monoisotopic (exact) mass is 405 g/mol. The third-order valence-electron chi connectivity index (χ3n) is 4.79. The van der Waals surface area contributed by atoms with E-state index < -0.39 is 10.0 Å². The van der Waals surface area contributed by atoms with E-state index in [-0.39, 0.29) is 29.6 Å². The van der Waals surface area contributed by atoms with Crippen LogP contribution in [0.4, 0.5) is 10.1 Å².